The van der Waals surface area contributed by atoms with Crippen LogP contribution in [0.5, 0.6) is 0 Å². The first-order chi connectivity index (χ1) is 13.5. The van der Waals surface area contributed by atoms with E-state index in [0.717, 1.165) is 11.3 Å². The van der Waals surface area contributed by atoms with Crippen LogP contribution in [-0.4, -0.2) is 16.5 Å². The molecular formula is C22H25N3O3. The first kappa shape index (κ1) is 19.7. The fraction of sp³-hybridized carbons (Fsp3) is 0.364. The number of rotatable bonds is 6. The molecule has 0 unspecified atom stereocenters. The van der Waals surface area contributed by atoms with Crippen LogP contribution in [0.25, 0.3) is 0 Å². The molecule has 28 heavy (non-hydrogen) atoms. The van der Waals surface area contributed by atoms with Crippen molar-refractivity contribution in [3.63, 3.8) is 0 Å². The van der Waals surface area contributed by atoms with Gasteiger partial charge in [-0.15, -0.1) is 0 Å². The number of non-ortho nitro benzene ring substituents is 1. The highest BCUT2D eigenvalue weighted by Crippen LogP contribution is 2.32. The predicted molar refractivity (Wildman–Crippen MR) is 109 cm³/mol. The van der Waals surface area contributed by atoms with E-state index in [9.17, 15) is 14.9 Å². The molecule has 2 aromatic rings. The minimum atomic E-state index is -0.461. The Hall–Kier alpha value is -3.02. The molecule has 1 amide bonds. The molecule has 6 nitrogen and oxygen atoms in total. The number of carbonyl (C=O) groups is 1. The van der Waals surface area contributed by atoms with Crippen molar-refractivity contribution in [3.05, 3.63) is 75.3 Å². The fourth-order valence-corrected chi connectivity index (χ4v) is 3.60. The van der Waals surface area contributed by atoms with Gasteiger partial charge < -0.3 is 0 Å². The summed E-state index contributed by atoms with van der Waals surface area (Å²) in [5.74, 6) is 0.411. The molecule has 1 fully saturated rings. The number of benzene rings is 2. The lowest BCUT2D eigenvalue weighted by Gasteiger charge is -2.22. The maximum Gasteiger partial charge on any atom is 0.269 e. The predicted octanol–water partition coefficient (Wildman–Crippen LogP) is 4.73. The second kappa shape index (κ2) is 9.26. The summed E-state index contributed by atoms with van der Waals surface area (Å²) in [5.41, 5.74) is 6.38. The molecule has 0 atom stereocenters. The molecule has 1 aliphatic rings. The van der Waals surface area contributed by atoms with Gasteiger partial charge in [0, 0.05) is 12.1 Å². The lowest BCUT2D eigenvalue weighted by atomic mass is 9.84. The molecule has 3 rings (SSSR count). The number of amides is 1. The number of nitro groups is 1. The van der Waals surface area contributed by atoms with Gasteiger partial charge in [-0.3, -0.25) is 14.9 Å². The number of hydrogen-bond donors (Lipinski definition) is 1. The highest BCUT2D eigenvalue weighted by atomic mass is 16.6. The van der Waals surface area contributed by atoms with Gasteiger partial charge in [-0.1, -0.05) is 55.7 Å². The Morgan fingerprint density at radius 1 is 1.07 bits per heavy atom. The van der Waals surface area contributed by atoms with Crippen molar-refractivity contribution in [2.45, 2.75) is 51.4 Å². The van der Waals surface area contributed by atoms with Crippen LogP contribution in [0.2, 0.25) is 0 Å². The minimum Gasteiger partial charge on any atom is -0.273 e. The smallest absolute Gasteiger partial charge is 0.269 e. The van der Waals surface area contributed by atoms with Gasteiger partial charge >= 0.3 is 0 Å². The SMILES string of the molecule is C/C(=N\NC(=O)Cc1ccc([N+](=O)[O-])cc1)c1ccc(C2CCCCC2)cc1. The number of carbonyl (C=O) groups excluding carboxylic acids is 1. The molecule has 0 aromatic heterocycles. The van der Waals surface area contributed by atoms with Gasteiger partial charge in [-0.25, -0.2) is 5.43 Å². The monoisotopic (exact) mass is 379 g/mol. The van der Waals surface area contributed by atoms with E-state index in [0.29, 0.717) is 11.5 Å². The van der Waals surface area contributed by atoms with Gasteiger partial charge in [-0.05, 0) is 42.4 Å². The van der Waals surface area contributed by atoms with E-state index in [2.05, 4.69) is 34.8 Å². The van der Waals surface area contributed by atoms with Crippen LogP contribution >= 0.6 is 0 Å². The van der Waals surface area contributed by atoms with Crippen LogP contribution < -0.4 is 5.43 Å². The Morgan fingerprint density at radius 3 is 2.32 bits per heavy atom. The Labute approximate surface area is 164 Å². The average molecular weight is 379 g/mol. The summed E-state index contributed by atoms with van der Waals surface area (Å²) in [4.78, 5) is 22.3. The summed E-state index contributed by atoms with van der Waals surface area (Å²) in [6, 6.07) is 14.4. The second-order valence-corrected chi connectivity index (χ2v) is 7.29. The van der Waals surface area contributed by atoms with Crippen molar-refractivity contribution < 1.29 is 9.72 Å². The molecule has 0 aliphatic heterocycles. The Morgan fingerprint density at radius 2 is 1.71 bits per heavy atom. The molecular weight excluding hydrogens is 354 g/mol. The second-order valence-electron chi connectivity index (χ2n) is 7.29. The van der Waals surface area contributed by atoms with Crippen LogP contribution in [0, 0.1) is 10.1 Å². The quantitative estimate of drug-likeness (QED) is 0.447. The number of hydrazone groups is 1. The van der Waals surface area contributed by atoms with Gasteiger partial charge in [0.15, 0.2) is 0 Å². The van der Waals surface area contributed by atoms with E-state index in [4.69, 9.17) is 0 Å². The highest BCUT2D eigenvalue weighted by molar-refractivity contribution is 5.99. The van der Waals surface area contributed by atoms with Crippen molar-refractivity contribution in [2.24, 2.45) is 5.10 Å². The third-order valence-electron chi connectivity index (χ3n) is 5.27. The molecule has 146 valence electrons. The summed E-state index contributed by atoms with van der Waals surface area (Å²) >= 11 is 0. The van der Waals surface area contributed by atoms with Crippen LogP contribution in [0.3, 0.4) is 0 Å². The molecule has 2 aromatic carbocycles. The molecule has 0 radical (unpaired) electrons. The zero-order valence-electron chi connectivity index (χ0n) is 16.1. The van der Waals surface area contributed by atoms with Gasteiger partial charge in [0.25, 0.3) is 5.69 Å². The van der Waals surface area contributed by atoms with E-state index in [-0.39, 0.29) is 18.0 Å². The van der Waals surface area contributed by atoms with Crippen molar-refractivity contribution >= 4 is 17.3 Å². The fourth-order valence-electron chi connectivity index (χ4n) is 3.60. The zero-order valence-corrected chi connectivity index (χ0v) is 16.1. The normalized spacial score (nSPS) is 15.2. The van der Waals surface area contributed by atoms with Gasteiger partial charge in [0.05, 0.1) is 17.1 Å². The van der Waals surface area contributed by atoms with E-state index < -0.39 is 4.92 Å². The molecule has 0 spiro atoms. The van der Waals surface area contributed by atoms with Crippen LogP contribution in [0.1, 0.15) is 61.6 Å². The van der Waals surface area contributed by atoms with E-state index in [1.54, 1.807) is 12.1 Å². The number of nitrogens with zero attached hydrogens (tertiary/aromatic N) is 2. The summed E-state index contributed by atoms with van der Waals surface area (Å²) < 4.78 is 0. The molecule has 0 bridgehead atoms. The maximum atomic E-state index is 12.1. The minimum absolute atomic E-state index is 0.00898. The van der Waals surface area contributed by atoms with Crippen molar-refractivity contribution in [1.29, 1.82) is 0 Å². The number of hydrogen-bond acceptors (Lipinski definition) is 4. The van der Waals surface area contributed by atoms with E-state index in [1.807, 2.05) is 6.92 Å². The lowest BCUT2D eigenvalue weighted by Crippen LogP contribution is -2.21. The first-order valence-corrected chi connectivity index (χ1v) is 9.70. The molecule has 1 N–H and O–H groups in total. The lowest BCUT2D eigenvalue weighted by molar-refractivity contribution is -0.384. The Bertz CT molecular complexity index is 852. The van der Waals surface area contributed by atoms with Crippen molar-refractivity contribution in [1.82, 2.24) is 5.43 Å². The van der Waals surface area contributed by atoms with E-state index >= 15 is 0 Å². The largest absolute Gasteiger partial charge is 0.273 e. The van der Waals surface area contributed by atoms with Crippen LogP contribution in [-0.2, 0) is 11.2 Å². The highest BCUT2D eigenvalue weighted by Gasteiger charge is 2.15. The summed E-state index contributed by atoms with van der Waals surface area (Å²) in [6.45, 7) is 1.86. The van der Waals surface area contributed by atoms with Gasteiger partial charge in [0.2, 0.25) is 5.91 Å². The first-order valence-electron chi connectivity index (χ1n) is 9.70. The third-order valence-corrected chi connectivity index (χ3v) is 5.27. The zero-order chi connectivity index (χ0) is 19.9. The third kappa shape index (κ3) is 5.25. The topological polar surface area (TPSA) is 84.6 Å². The summed E-state index contributed by atoms with van der Waals surface area (Å²) in [6.07, 6.45) is 6.63. The Kier molecular flexibility index (Phi) is 6.53. The van der Waals surface area contributed by atoms with Gasteiger partial charge in [0.1, 0.15) is 0 Å². The molecule has 0 saturated heterocycles. The summed E-state index contributed by atoms with van der Waals surface area (Å²) in [5, 5.41) is 14.9. The van der Waals surface area contributed by atoms with Crippen LogP contribution in [0.15, 0.2) is 53.6 Å². The van der Waals surface area contributed by atoms with Gasteiger partial charge in [-0.2, -0.15) is 5.10 Å². The number of nitrogens with one attached hydrogen (secondary N) is 1. The molecule has 6 heteroatoms. The molecule has 0 heterocycles. The average Bonchev–Trinajstić information content (AvgIpc) is 2.73. The van der Waals surface area contributed by atoms with Crippen LogP contribution in [0.4, 0.5) is 5.69 Å². The Balaban J connectivity index is 1.55. The van der Waals surface area contributed by atoms with E-state index in [1.165, 1.54) is 49.8 Å². The molecule has 1 saturated carbocycles. The summed E-state index contributed by atoms with van der Waals surface area (Å²) in [7, 11) is 0. The van der Waals surface area contributed by atoms with Crippen molar-refractivity contribution in [2.75, 3.05) is 0 Å². The van der Waals surface area contributed by atoms with Crippen molar-refractivity contribution in [3.8, 4) is 0 Å². The maximum absolute atomic E-state index is 12.1. The molecule has 1 aliphatic carbocycles. The standard InChI is InChI=1S/C22H25N3O3/c1-16(18-9-11-20(12-10-18)19-5-3-2-4-6-19)23-24-22(26)15-17-7-13-21(14-8-17)25(27)28/h7-14,19H,2-6,15H2,1H3,(H,24,26)/b23-16+. The number of nitro benzene ring substituents is 1.